The van der Waals surface area contributed by atoms with Gasteiger partial charge in [-0.25, -0.2) is 0 Å². The molecular formula is C17H25ClN2O. The quantitative estimate of drug-likeness (QED) is 0.927. The highest BCUT2D eigenvalue weighted by atomic mass is 35.5. The van der Waals surface area contributed by atoms with Crippen LogP contribution < -0.4 is 5.32 Å². The summed E-state index contributed by atoms with van der Waals surface area (Å²) in [6.45, 7) is 6.27. The molecule has 0 bridgehead atoms. The Morgan fingerprint density at radius 2 is 1.86 bits per heavy atom. The van der Waals surface area contributed by atoms with Crippen LogP contribution in [-0.2, 0) is 4.79 Å². The average molecular weight is 309 g/mol. The predicted molar refractivity (Wildman–Crippen MR) is 87.8 cm³/mol. The summed E-state index contributed by atoms with van der Waals surface area (Å²) in [4.78, 5) is 14.6. The first-order chi connectivity index (χ1) is 9.78. The van der Waals surface area contributed by atoms with Gasteiger partial charge in [0.15, 0.2) is 0 Å². The molecule has 116 valence electrons. The molecule has 2 aliphatic rings. The Bertz CT molecular complexity index is 453. The van der Waals surface area contributed by atoms with Crippen LogP contribution in [0.4, 0.5) is 0 Å². The van der Waals surface area contributed by atoms with Crippen molar-refractivity contribution in [2.75, 3.05) is 26.2 Å². The van der Waals surface area contributed by atoms with E-state index in [1.807, 2.05) is 6.07 Å². The summed E-state index contributed by atoms with van der Waals surface area (Å²) in [5.41, 5.74) is 1.30. The van der Waals surface area contributed by atoms with E-state index in [4.69, 9.17) is 0 Å². The highest BCUT2D eigenvalue weighted by Gasteiger charge is 2.38. The second kappa shape index (κ2) is 7.28. The molecule has 21 heavy (non-hydrogen) atoms. The smallest absolute Gasteiger partial charge is 0.223 e. The van der Waals surface area contributed by atoms with Gasteiger partial charge in [-0.1, -0.05) is 37.3 Å². The minimum atomic E-state index is 0. The monoisotopic (exact) mass is 308 g/mol. The summed E-state index contributed by atoms with van der Waals surface area (Å²) in [5, 5.41) is 3.42. The standard InChI is InChI=1S/C17H24N2O.ClH/c1-2-13(14-6-4-3-5-7-14)8-17(20)19-11-15-9-18-10-16(15)12-19;/h3-7,13,15-16,18H,2,8-12H2,1H3;1H/t13?,15-,16+;. The van der Waals surface area contributed by atoms with Crippen molar-refractivity contribution in [1.82, 2.24) is 10.2 Å². The van der Waals surface area contributed by atoms with Gasteiger partial charge in [0, 0.05) is 32.6 Å². The number of benzene rings is 1. The van der Waals surface area contributed by atoms with E-state index >= 15 is 0 Å². The Balaban J connectivity index is 0.00000161. The van der Waals surface area contributed by atoms with E-state index in [-0.39, 0.29) is 12.4 Å². The second-order valence-corrected chi connectivity index (χ2v) is 6.20. The van der Waals surface area contributed by atoms with Crippen LogP contribution >= 0.6 is 12.4 Å². The van der Waals surface area contributed by atoms with Crippen LogP contribution in [0, 0.1) is 11.8 Å². The van der Waals surface area contributed by atoms with Crippen LogP contribution in [0.3, 0.4) is 0 Å². The van der Waals surface area contributed by atoms with Crippen molar-refractivity contribution in [3.63, 3.8) is 0 Å². The van der Waals surface area contributed by atoms with Gasteiger partial charge in [0.2, 0.25) is 5.91 Å². The molecule has 3 nitrogen and oxygen atoms in total. The van der Waals surface area contributed by atoms with Gasteiger partial charge in [-0.05, 0) is 29.7 Å². The van der Waals surface area contributed by atoms with Crippen LogP contribution in [0.5, 0.6) is 0 Å². The number of hydrogen-bond acceptors (Lipinski definition) is 2. The molecule has 0 aromatic heterocycles. The predicted octanol–water partition coefficient (Wildman–Crippen LogP) is 2.67. The average Bonchev–Trinajstić information content (AvgIpc) is 3.06. The van der Waals surface area contributed by atoms with E-state index in [0.29, 0.717) is 30.1 Å². The molecule has 1 aromatic rings. The molecule has 0 aliphatic carbocycles. The maximum atomic E-state index is 12.5. The molecule has 3 rings (SSSR count). The van der Waals surface area contributed by atoms with Crippen molar-refractivity contribution < 1.29 is 4.79 Å². The van der Waals surface area contributed by atoms with Crippen LogP contribution in [-0.4, -0.2) is 37.0 Å². The number of carbonyl (C=O) groups excluding carboxylic acids is 1. The van der Waals surface area contributed by atoms with Crippen LogP contribution in [0.25, 0.3) is 0 Å². The lowest BCUT2D eigenvalue weighted by atomic mass is 9.93. The zero-order chi connectivity index (χ0) is 13.9. The second-order valence-electron chi connectivity index (χ2n) is 6.20. The number of amides is 1. The van der Waals surface area contributed by atoms with E-state index in [0.717, 1.165) is 32.6 Å². The first-order valence-corrected chi connectivity index (χ1v) is 7.81. The van der Waals surface area contributed by atoms with Gasteiger partial charge < -0.3 is 10.2 Å². The zero-order valence-corrected chi connectivity index (χ0v) is 13.4. The molecule has 1 amide bonds. The van der Waals surface area contributed by atoms with E-state index in [1.54, 1.807) is 0 Å². The maximum Gasteiger partial charge on any atom is 0.223 e. The fourth-order valence-corrected chi connectivity index (χ4v) is 3.62. The molecular weight excluding hydrogens is 284 g/mol. The lowest BCUT2D eigenvalue weighted by Crippen LogP contribution is -2.32. The van der Waals surface area contributed by atoms with Gasteiger partial charge in [-0.15, -0.1) is 12.4 Å². The number of nitrogens with one attached hydrogen (secondary N) is 1. The lowest BCUT2D eigenvalue weighted by molar-refractivity contribution is -0.130. The normalized spacial score (nSPS) is 25.3. The SMILES string of the molecule is CCC(CC(=O)N1C[C@H]2CNC[C@H]2C1)c1ccccc1.Cl. The number of halogens is 1. The molecule has 1 aromatic carbocycles. The molecule has 2 fully saturated rings. The van der Waals surface area contributed by atoms with E-state index in [2.05, 4.69) is 41.4 Å². The highest BCUT2D eigenvalue weighted by Crippen LogP contribution is 2.29. The highest BCUT2D eigenvalue weighted by molar-refractivity contribution is 5.85. The number of fused-ring (bicyclic) bond motifs is 1. The van der Waals surface area contributed by atoms with Crippen LogP contribution in [0.1, 0.15) is 31.2 Å². The molecule has 1 unspecified atom stereocenters. The topological polar surface area (TPSA) is 32.3 Å². The Morgan fingerprint density at radius 1 is 1.24 bits per heavy atom. The van der Waals surface area contributed by atoms with Crippen molar-refractivity contribution in [1.29, 1.82) is 0 Å². The molecule has 0 spiro atoms. The Morgan fingerprint density at radius 3 is 2.43 bits per heavy atom. The minimum Gasteiger partial charge on any atom is -0.342 e. The van der Waals surface area contributed by atoms with Gasteiger partial charge in [-0.2, -0.15) is 0 Å². The van der Waals surface area contributed by atoms with Crippen molar-refractivity contribution >= 4 is 18.3 Å². The fraction of sp³-hybridized carbons (Fsp3) is 0.588. The van der Waals surface area contributed by atoms with Gasteiger partial charge in [-0.3, -0.25) is 4.79 Å². The Labute approximate surface area is 133 Å². The maximum absolute atomic E-state index is 12.5. The lowest BCUT2D eigenvalue weighted by Gasteiger charge is -2.21. The summed E-state index contributed by atoms with van der Waals surface area (Å²) in [6, 6.07) is 10.4. The summed E-state index contributed by atoms with van der Waals surface area (Å²) in [7, 11) is 0. The summed E-state index contributed by atoms with van der Waals surface area (Å²) in [5.74, 6) is 2.09. The molecule has 1 N–H and O–H groups in total. The van der Waals surface area contributed by atoms with Gasteiger partial charge in [0.1, 0.15) is 0 Å². The summed E-state index contributed by atoms with van der Waals surface area (Å²) in [6.07, 6.45) is 1.69. The van der Waals surface area contributed by atoms with Gasteiger partial charge in [0.25, 0.3) is 0 Å². The van der Waals surface area contributed by atoms with Crippen molar-refractivity contribution in [2.45, 2.75) is 25.7 Å². The molecule has 2 aliphatic heterocycles. The minimum absolute atomic E-state index is 0. The first-order valence-electron chi connectivity index (χ1n) is 7.81. The van der Waals surface area contributed by atoms with E-state index in [9.17, 15) is 4.79 Å². The molecule has 4 heteroatoms. The molecule has 3 atom stereocenters. The molecule has 0 saturated carbocycles. The third kappa shape index (κ3) is 3.58. The van der Waals surface area contributed by atoms with Crippen molar-refractivity contribution in [3.05, 3.63) is 35.9 Å². The third-order valence-corrected chi connectivity index (χ3v) is 4.93. The zero-order valence-electron chi connectivity index (χ0n) is 12.6. The van der Waals surface area contributed by atoms with Gasteiger partial charge >= 0.3 is 0 Å². The molecule has 2 heterocycles. The number of rotatable bonds is 4. The fourth-order valence-electron chi connectivity index (χ4n) is 3.62. The summed E-state index contributed by atoms with van der Waals surface area (Å²) < 4.78 is 0. The van der Waals surface area contributed by atoms with E-state index in [1.165, 1.54) is 5.56 Å². The third-order valence-electron chi connectivity index (χ3n) is 4.93. The van der Waals surface area contributed by atoms with Gasteiger partial charge in [0.05, 0.1) is 0 Å². The van der Waals surface area contributed by atoms with E-state index < -0.39 is 0 Å². The number of nitrogens with zero attached hydrogens (tertiary/aromatic N) is 1. The molecule has 0 radical (unpaired) electrons. The number of likely N-dealkylation sites (tertiary alicyclic amines) is 1. The van der Waals surface area contributed by atoms with Crippen LogP contribution in [0.15, 0.2) is 30.3 Å². The number of hydrogen-bond donors (Lipinski definition) is 1. The van der Waals surface area contributed by atoms with Crippen LogP contribution in [0.2, 0.25) is 0 Å². The molecule has 2 saturated heterocycles. The Kier molecular flexibility index (Phi) is 5.65. The first kappa shape index (κ1) is 16.3. The summed E-state index contributed by atoms with van der Waals surface area (Å²) >= 11 is 0. The largest absolute Gasteiger partial charge is 0.342 e. The number of carbonyl (C=O) groups is 1. The Hall–Kier alpha value is -1.06. The van der Waals surface area contributed by atoms with Crippen molar-refractivity contribution in [3.8, 4) is 0 Å². The van der Waals surface area contributed by atoms with Crippen molar-refractivity contribution in [2.24, 2.45) is 11.8 Å².